The number of carbonyl (C=O) groups excluding carboxylic acids is 1. The van der Waals surface area contributed by atoms with Gasteiger partial charge in [0.05, 0.1) is 14.2 Å². The van der Waals surface area contributed by atoms with Gasteiger partial charge in [-0.25, -0.2) is 0 Å². The molecule has 0 spiro atoms. The number of benzene rings is 1. The summed E-state index contributed by atoms with van der Waals surface area (Å²) in [6.45, 7) is 4.79. The van der Waals surface area contributed by atoms with Crippen molar-refractivity contribution in [3.63, 3.8) is 0 Å². The lowest BCUT2D eigenvalue weighted by atomic mass is 9.99. The van der Waals surface area contributed by atoms with Gasteiger partial charge in [0.25, 0.3) is 0 Å². The van der Waals surface area contributed by atoms with E-state index in [0.717, 1.165) is 30.9 Å². The van der Waals surface area contributed by atoms with Crippen molar-refractivity contribution < 1.29 is 14.3 Å². The third-order valence-electron chi connectivity index (χ3n) is 3.33. The second-order valence-electron chi connectivity index (χ2n) is 5.02. The first-order valence-electron chi connectivity index (χ1n) is 7.16. The fourth-order valence-corrected chi connectivity index (χ4v) is 3.01. The average Bonchev–Trinajstić information content (AvgIpc) is 2.52. The summed E-state index contributed by atoms with van der Waals surface area (Å²) in [6.07, 6.45) is 1.70. The molecule has 0 aliphatic carbocycles. The van der Waals surface area contributed by atoms with E-state index in [0.29, 0.717) is 0 Å². The van der Waals surface area contributed by atoms with E-state index in [4.69, 9.17) is 9.47 Å². The van der Waals surface area contributed by atoms with E-state index in [1.165, 1.54) is 12.0 Å². The zero-order chi connectivity index (χ0) is 15.7. The SMILES string of the molecule is CCCNC(C)(CCSc1ccc(OC)cc1)C(=O)OC. The minimum absolute atomic E-state index is 0.203. The summed E-state index contributed by atoms with van der Waals surface area (Å²) in [6, 6.07) is 7.94. The number of hydrogen-bond acceptors (Lipinski definition) is 5. The third-order valence-corrected chi connectivity index (χ3v) is 4.35. The summed E-state index contributed by atoms with van der Waals surface area (Å²) in [4.78, 5) is 13.1. The molecule has 0 heterocycles. The number of ether oxygens (including phenoxy) is 2. The van der Waals surface area contributed by atoms with Gasteiger partial charge in [0.1, 0.15) is 11.3 Å². The maximum absolute atomic E-state index is 12.0. The summed E-state index contributed by atoms with van der Waals surface area (Å²) in [7, 11) is 3.09. The fourth-order valence-electron chi connectivity index (χ4n) is 1.93. The average molecular weight is 311 g/mol. The first-order chi connectivity index (χ1) is 10.1. The number of methoxy groups -OCH3 is 2. The lowest BCUT2D eigenvalue weighted by Gasteiger charge is -2.27. The van der Waals surface area contributed by atoms with E-state index >= 15 is 0 Å². The van der Waals surface area contributed by atoms with E-state index < -0.39 is 5.54 Å². The Hall–Kier alpha value is -1.20. The first-order valence-corrected chi connectivity index (χ1v) is 8.14. The van der Waals surface area contributed by atoms with Gasteiger partial charge in [0.15, 0.2) is 0 Å². The normalized spacial score (nSPS) is 13.5. The van der Waals surface area contributed by atoms with Crippen LogP contribution in [0.3, 0.4) is 0 Å². The number of rotatable bonds is 9. The number of thioether (sulfide) groups is 1. The van der Waals surface area contributed by atoms with Crippen LogP contribution in [0, 0.1) is 0 Å². The van der Waals surface area contributed by atoms with Gasteiger partial charge in [-0.2, -0.15) is 0 Å². The highest BCUT2D eigenvalue weighted by atomic mass is 32.2. The van der Waals surface area contributed by atoms with Crippen molar-refractivity contribution in [1.29, 1.82) is 0 Å². The molecule has 5 heteroatoms. The van der Waals surface area contributed by atoms with Crippen molar-refractivity contribution >= 4 is 17.7 Å². The van der Waals surface area contributed by atoms with E-state index in [2.05, 4.69) is 12.2 Å². The summed E-state index contributed by atoms with van der Waals surface area (Å²) >= 11 is 1.72. The predicted molar refractivity (Wildman–Crippen MR) is 87.0 cm³/mol. The molecule has 0 radical (unpaired) electrons. The Morgan fingerprint density at radius 1 is 1.29 bits per heavy atom. The smallest absolute Gasteiger partial charge is 0.325 e. The maximum atomic E-state index is 12.0. The van der Waals surface area contributed by atoms with Gasteiger partial charge in [-0.05, 0) is 50.6 Å². The molecule has 0 bridgehead atoms. The Morgan fingerprint density at radius 3 is 2.48 bits per heavy atom. The van der Waals surface area contributed by atoms with Gasteiger partial charge in [-0.1, -0.05) is 6.92 Å². The van der Waals surface area contributed by atoms with Crippen molar-refractivity contribution in [2.75, 3.05) is 26.5 Å². The summed E-state index contributed by atoms with van der Waals surface area (Å²) in [5, 5.41) is 3.29. The van der Waals surface area contributed by atoms with Crippen LogP contribution >= 0.6 is 11.8 Å². The highest BCUT2D eigenvalue weighted by molar-refractivity contribution is 7.99. The number of esters is 1. The Morgan fingerprint density at radius 2 is 1.95 bits per heavy atom. The van der Waals surface area contributed by atoms with Crippen LogP contribution in [0.5, 0.6) is 5.75 Å². The molecule has 1 aromatic carbocycles. The van der Waals surface area contributed by atoms with Gasteiger partial charge in [0, 0.05) is 10.6 Å². The molecular formula is C16H25NO3S. The molecule has 0 aromatic heterocycles. The van der Waals surface area contributed by atoms with E-state index in [1.54, 1.807) is 18.9 Å². The van der Waals surface area contributed by atoms with Crippen molar-refractivity contribution in [2.45, 2.75) is 37.1 Å². The molecular weight excluding hydrogens is 286 g/mol. The molecule has 0 saturated heterocycles. The van der Waals surface area contributed by atoms with Crippen LogP contribution in [0.1, 0.15) is 26.7 Å². The first kappa shape index (κ1) is 17.9. The topological polar surface area (TPSA) is 47.6 Å². The molecule has 4 nitrogen and oxygen atoms in total. The van der Waals surface area contributed by atoms with Gasteiger partial charge in [-0.15, -0.1) is 11.8 Å². The van der Waals surface area contributed by atoms with Crippen LogP contribution in [-0.4, -0.2) is 38.0 Å². The molecule has 0 aliphatic rings. The Labute approximate surface area is 131 Å². The standard InChI is InChI=1S/C16H25NO3S/c1-5-11-17-16(2,15(18)20-4)10-12-21-14-8-6-13(19-3)7-9-14/h6-9,17H,5,10-12H2,1-4H3. The molecule has 1 atom stereocenters. The minimum atomic E-state index is -0.621. The van der Waals surface area contributed by atoms with Gasteiger partial charge in [-0.3, -0.25) is 4.79 Å². The van der Waals surface area contributed by atoms with E-state index in [-0.39, 0.29) is 5.97 Å². The highest BCUT2D eigenvalue weighted by Crippen LogP contribution is 2.24. The van der Waals surface area contributed by atoms with Crippen LogP contribution in [0.25, 0.3) is 0 Å². The van der Waals surface area contributed by atoms with Crippen LogP contribution in [0.15, 0.2) is 29.2 Å². The second-order valence-corrected chi connectivity index (χ2v) is 6.19. The molecule has 0 saturated carbocycles. The summed E-state index contributed by atoms with van der Waals surface area (Å²) < 4.78 is 10.1. The molecule has 0 amide bonds. The maximum Gasteiger partial charge on any atom is 0.325 e. The predicted octanol–water partition coefficient (Wildman–Crippen LogP) is 3.11. The third kappa shape index (κ3) is 5.59. The fraction of sp³-hybridized carbons (Fsp3) is 0.562. The monoisotopic (exact) mass is 311 g/mol. The molecule has 1 unspecified atom stereocenters. The Balaban J connectivity index is 2.53. The molecule has 0 aliphatic heterocycles. The Kier molecular flexibility index (Phi) is 7.61. The van der Waals surface area contributed by atoms with Gasteiger partial charge >= 0.3 is 5.97 Å². The quantitative estimate of drug-likeness (QED) is 0.561. The van der Waals surface area contributed by atoms with Crippen LogP contribution < -0.4 is 10.1 Å². The molecule has 1 rings (SSSR count). The molecule has 21 heavy (non-hydrogen) atoms. The van der Waals surface area contributed by atoms with Crippen LogP contribution in [0.2, 0.25) is 0 Å². The van der Waals surface area contributed by atoms with Crippen LogP contribution in [-0.2, 0) is 9.53 Å². The van der Waals surface area contributed by atoms with E-state index in [1.807, 2.05) is 31.2 Å². The number of hydrogen-bond donors (Lipinski definition) is 1. The zero-order valence-electron chi connectivity index (χ0n) is 13.3. The largest absolute Gasteiger partial charge is 0.497 e. The number of nitrogens with one attached hydrogen (secondary N) is 1. The van der Waals surface area contributed by atoms with Gasteiger partial charge in [0.2, 0.25) is 0 Å². The van der Waals surface area contributed by atoms with Gasteiger partial charge < -0.3 is 14.8 Å². The van der Waals surface area contributed by atoms with Crippen molar-refractivity contribution in [1.82, 2.24) is 5.32 Å². The van der Waals surface area contributed by atoms with Crippen molar-refractivity contribution in [2.24, 2.45) is 0 Å². The molecule has 0 fully saturated rings. The van der Waals surface area contributed by atoms with Crippen LogP contribution in [0.4, 0.5) is 0 Å². The van der Waals surface area contributed by atoms with E-state index in [9.17, 15) is 4.79 Å². The molecule has 1 aromatic rings. The number of carbonyl (C=O) groups is 1. The molecule has 1 N–H and O–H groups in total. The zero-order valence-corrected chi connectivity index (χ0v) is 14.1. The molecule has 118 valence electrons. The summed E-state index contributed by atoms with van der Waals surface area (Å²) in [5.74, 6) is 1.49. The highest BCUT2D eigenvalue weighted by Gasteiger charge is 2.32. The lowest BCUT2D eigenvalue weighted by molar-refractivity contribution is -0.148. The minimum Gasteiger partial charge on any atom is -0.497 e. The Bertz CT molecular complexity index is 436. The lowest BCUT2D eigenvalue weighted by Crippen LogP contribution is -2.50. The van der Waals surface area contributed by atoms with Crippen molar-refractivity contribution in [3.8, 4) is 5.75 Å². The van der Waals surface area contributed by atoms with Crippen molar-refractivity contribution in [3.05, 3.63) is 24.3 Å². The second kappa shape index (κ2) is 8.95. The summed E-state index contributed by atoms with van der Waals surface area (Å²) in [5.41, 5.74) is -0.621.